The van der Waals surface area contributed by atoms with Crippen LogP contribution in [0.15, 0.2) is 35.2 Å². The summed E-state index contributed by atoms with van der Waals surface area (Å²) >= 11 is 2.09. The Morgan fingerprint density at radius 1 is 1.30 bits per heavy atom. The van der Waals surface area contributed by atoms with E-state index < -0.39 is 17.0 Å². The molecule has 1 aliphatic rings. The van der Waals surface area contributed by atoms with E-state index >= 15 is 0 Å². The fourth-order valence-electron chi connectivity index (χ4n) is 3.11. The lowest BCUT2D eigenvalue weighted by Gasteiger charge is -2.12. The van der Waals surface area contributed by atoms with E-state index in [4.69, 9.17) is 0 Å². The lowest BCUT2D eigenvalue weighted by atomic mass is 10.2. The van der Waals surface area contributed by atoms with Crippen molar-refractivity contribution in [3.63, 3.8) is 0 Å². The molecule has 1 aliphatic heterocycles. The number of fused-ring (bicyclic) bond motifs is 1. The number of carbonyl (C=O) groups is 3. The van der Waals surface area contributed by atoms with Gasteiger partial charge in [0.25, 0.3) is 17.1 Å². The molecule has 1 saturated heterocycles. The summed E-state index contributed by atoms with van der Waals surface area (Å²) in [5.74, 6) is -1.24. The number of nitrogens with one attached hydrogen (secondary N) is 1. The number of aromatic nitrogens is 2. The minimum Gasteiger partial charge on any atom is -0.350 e. The summed E-state index contributed by atoms with van der Waals surface area (Å²) < 4.78 is 15.5. The number of thioether (sulfide) groups is 1. The van der Waals surface area contributed by atoms with Gasteiger partial charge in [-0.15, -0.1) is 11.3 Å². The highest BCUT2D eigenvalue weighted by Crippen LogP contribution is 2.32. The summed E-state index contributed by atoms with van der Waals surface area (Å²) in [5, 5.41) is 7.53. The number of imide groups is 1. The quantitative estimate of drug-likeness (QED) is 0.609. The molecule has 10 heteroatoms. The molecular formula is C20H17FN4O3S2. The topological polar surface area (TPSA) is 84.3 Å². The van der Waals surface area contributed by atoms with Gasteiger partial charge in [0, 0.05) is 31.1 Å². The fraction of sp³-hybridized carbons (Fsp3) is 0.200. The molecule has 0 bridgehead atoms. The smallest absolute Gasteiger partial charge is 0.293 e. The maximum atomic E-state index is 13.8. The number of hydrogen-bond acceptors (Lipinski definition) is 6. The van der Waals surface area contributed by atoms with E-state index in [0.29, 0.717) is 4.88 Å². The van der Waals surface area contributed by atoms with Crippen LogP contribution in [0, 0.1) is 12.7 Å². The Kier molecular flexibility index (Phi) is 5.44. The maximum Gasteiger partial charge on any atom is 0.293 e. The van der Waals surface area contributed by atoms with E-state index in [-0.39, 0.29) is 29.5 Å². The summed E-state index contributed by atoms with van der Waals surface area (Å²) in [6, 6.07) is 7.81. The first-order chi connectivity index (χ1) is 14.3. The predicted molar refractivity (Wildman–Crippen MR) is 115 cm³/mol. The van der Waals surface area contributed by atoms with E-state index in [2.05, 4.69) is 10.4 Å². The average Bonchev–Trinajstić information content (AvgIpc) is 3.34. The number of benzene rings is 1. The number of hydrogen-bond donors (Lipinski definition) is 1. The average molecular weight is 445 g/mol. The van der Waals surface area contributed by atoms with Crippen LogP contribution >= 0.6 is 23.1 Å². The summed E-state index contributed by atoms with van der Waals surface area (Å²) in [6.07, 6.45) is 1.37. The number of rotatable bonds is 5. The van der Waals surface area contributed by atoms with Gasteiger partial charge in [0.1, 0.15) is 10.6 Å². The number of thiophene rings is 1. The molecule has 0 spiro atoms. The van der Waals surface area contributed by atoms with Gasteiger partial charge >= 0.3 is 0 Å². The number of amides is 3. The molecule has 1 fully saturated rings. The second kappa shape index (κ2) is 8.04. The fourth-order valence-corrected chi connectivity index (χ4v) is 5.01. The SMILES string of the molecule is Cc1nn(C)c2sc(C(=O)NCCN3C(=O)S/C(=C/c4ccccc4F)C3=O)cc12. The Hall–Kier alpha value is -2.98. The molecule has 4 rings (SSSR count). The van der Waals surface area contributed by atoms with Crippen molar-refractivity contribution < 1.29 is 18.8 Å². The summed E-state index contributed by atoms with van der Waals surface area (Å²) in [5.41, 5.74) is 1.09. The molecule has 0 aliphatic carbocycles. The molecule has 30 heavy (non-hydrogen) atoms. The molecule has 3 heterocycles. The first kappa shape index (κ1) is 20.3. The third-order valence-electron chi connectivity index (χ3n) is 4.61. The van der Waals surface area contributed by atoms with Crippen LogP contribution in [0.2, 0.25) is 0 Å². The van der Waals surface area contributed by atoms with Crippen molar-refractivity contribution in [3.05, 3.63) is 57.2 Å². The Bertz CT molecular complexity index is 1180. The van der Waals surface area contributed by atoms with Gasteiger partial charge in [-0.25, -0.2) is 4.39 Å². The van der Waals surface area contributed by atoms with Crippen molar-refractivity contribution in [1.82, 2.24) is 20.0 Å². The zero-order valence-corrected chi connectivity index (χ0v) is 17.8. The van der Waals surface area contributed by atoms with E-state index in [9.17, 15) is 18.8 Å². The lowest BCUT2D eigenvalue weighted by molar-refractivity contribution is -0.122. The van der Waals surface area contributed by atoms with Crippen molar-refractivity contribution in [2.24, 2.45) is 7.05 Å². The second-order valence-corrected chi connectivity index (χ2v) is 8.67. The van der Waals surface area contributed by atoms with E-state index in [1.807, 2.05) is 14.0 Å². The first-order valence-electron chi connectivity index (χ1n) is 9.06. The monoisotopic (exact) mass is 444 g/mol. The van der Waals surface area contributed by atoms with E-state index in [1.165, 1.54) is 29.5 Å². The van der Waals surface area contributed by atoms with Crippen LogP contribution < -0.4 is 5.32 Å². The van der Waals surface area contributed by atoms with Gasteiger partial charge in [-0.3, -0.25) is 24.0 Å². The van der Waals surface area contributed by atoms with E-state index in [0.717, 1.165) is 32.6 Å². The molecule has 3 amide bonds. The molecular weight excluding hydrogens is 427 g/mol. The highest BCUT2D eigenvalue weighted by molar-refractivity contribution is 8.18. The number of carbonyl (C=O) groups excluding carboxylic acids is 3. The summed E-state index contributed by atoms with van der Waals surface area (Å²) in [6.45, 7) is 2.04. The van der Waals surface area contributed by atoms with Gasteiger partial charge in [0.05, 0.1) is 15.5 Å². The normalized spacial score (nSPS) is 15.6. The van der Waals surface area contributed by atoms with Gasteiger partial charge in [0.2, 0.25) is 0 Å². The minimum atomic E-state index is -0.494. The van der Waals surface area contributed by atoms with Gasteiger partial charge in [-0.05, 0) is 36.9 Å². The van der Waals surface area contributed by atoms with Crippen LogP contribution in [-0.2, 0) is 11.8 Å². The zero-order valence-electron chi connectivity index (χ0n) is 16.1. The number of halogens is 1. The van der Waals surface area contributed by atoms with Gasteiger partial charge in [-0.2, -0.15) is 5.10 Å². The third-order valence-corrected chi connectivity index (χ3v) is 6.71. The summed E-state index contributed by atoms with van der Waals surface area (Å²) in [4.78, 5) is 39.8. The van der Waals surface area contributed by atoms with Crippen LogP contribution in [0.5, 0.6) is 0 Å². The zero-order chi connectivity index (χ0) is 21.4. The minimum absolute atomic E-state index is 0.0382. The van der Waals surface area contributed by atoms with Crippen molar-refractivity contribution in [2.75, 3.05) is 13.1 Å². The van der Waals surface area contributed by atoms with Crippen LogP contribution in [0.3, 0.4) is 0 Å². The molecule has 1 aromatic carbocycles. The van der Waals surface area contributed by atoms with Crippen LogP contribution in [0.25, 0.3) is 16.3 Å². The molecule has 0 atom stereocenters. The predicted octanol–water partition coefficient (Wildman–Crippen LogP) is 3.55. The Morgan fingerprint density at radius 3 is 2.80 bits per heavy atom. The van der Waals surface area contributed by atoms with Crippen LogP contribution in [0.1, 0.15) is 20.9 Å². The van der Waals surface area contributed by atoms with Crippen molar-refractivity contribution in [2.45, 2.75) is 6.92 Å². The molecule has 154 valence electrons. The summed E-state index contributed by atoms with van der Waals surface area (Å²) in [7, 11) is 1.82. The molecule has 0 saturated carbocycles. The van der Waals surface area contributed by atoms with Gasteiger partial charge in [0.15, 0.2) is 0 Å². The Morgan fingerprint density at radius 2 is 2.07 bits per heavy atom. The Labute approximate surface area is 179 Å². The number of aryl methyl sites for hydroxylation is 2. The number of nitrogens with zero attached hydrogens (tertiary/aromatic N) is 3. The Balaban J connectivity index is 1.39. The molecule has 2 aromatic heterocycles. The highest BCUT2D eigenvalue weighted by atomic mass is 32.2. The van der Waals surface area contributed by atoms with Crippen molar-refractivity contribution >= 4 is 56.4 Å². The highest BCUT2D eigenvalue weighted by Gasteiger charge is 2.34. The van der Waals surface area contributed by atoms with Crippen molar-refractivity contribution in [1.29, 1.82) is 0 Å². The van der Waals surface area contributed by atoms with Crippen LogP contribution in [0.4, 0.5) is 9.18 Å². The maximum absolute atomic E-state index is 13.8. The lowest BCUT2D eigenvalue weighted by Crippen LogP contribution is -2.37. The second-order valence-electron chi connectivity index (χ2n) is 6.65. The largest absolute Gasteiger partial charge is 0.350 e. The van der Waals surface area contributed by atoms with Gasteiger partial charge in [-0.1, -0.05) is 18.2 Å². The first-order valence-corrected chi connectivity index (χ1v) is 10.7. The molecule has 7 nitrogen and oxygen atoms in total. The van der Waals surface area contributed by atoms with E-state index in [1.54, 1.807) is 22.9 Å². The third kappa shape index (κ3) is 3.75. The molecule has 0 unspecified atom stereocenters. The molecule has 3 aromatic rings. The standard InChI is InChI=1S/C20H17FN4O3S2/c1-11-13-10-15(29-19(13)24(2)23-11)17(26)22-7-8-25-18(27)16(30-20(25)28)9-12-5-3-4-6-14(12)21/h3-6,9-10H,7-8H2,1-2H3,(H,22,26)/b16-9+. The van der Waals surface area contributed by atoms with Crippen LogP contribution in [-0.4, -0.2) is 44.8 Å². The van der Waals surface area contributed by atoms with Gasteiger partial charge < -0.3 is 5.32 Å². The van der Waals surface area contributed by atoms with Crippen molar-refractivity contribution in [3.8, 4) is 0 Å². The molecule has 0 radical (unpaired) electrons. The molecule has 1 N–H and O–H groups in total.